The Morgan fingerprint density at radius 3 is 2.72 bits per heavy atom. The summed E-state index contributed by atoms with van der Waals surface area (Å²) in [6.45, 7) is -0.227. The summed E-state index contributed by atoms with van der Waals surface area (Å²) in [6.07, 6.45) is 5.14. The summed E-state index contributed by atoms with van der Waals surface area (Å²) in [5.41, 5.74) is 2.13. The van der Waals surface area contributed by atoms with E-state index in [0.29, 0.717) is 43.4 Å². The van der Waals surface area contributed by atoms with Crippen molar-refractivity contribution in [3.63, 3.8) is 0 Å². The molecule has 1 fully saturated rings. The maximum Gasteiger partial charge on any atom is 0.257 e. The van der Waals surface area contributed by atoms with Gasteiger partial charge in [0.15, 0.2) is 0 Å². The molecule has 9 heteroatoms. The number of nitrogens with zero attached hydrogens (tertiary/aromatic N) is 7. The zero-order chi connectivity index (χ0) is 24.6. The highest BCUT2D eigenvalue weighted by molar-refractivity contribution is 6.05. The van der Waals surface area contributed by atoms with Gasteiger partial charge in [0, 0.05) is 66.2 Å². The first-order valence-electron chi connectivity index (χ1n) is 11.8. The maximum atomic E-state index is 13.0. The van der Waals surface area contributed by atoms with Crippen molar-refractivity contribution in [1.29, 1.82) is 0 Å². The van der Waals surface area contributed by atoms with Crippen molar-refractivity contribution in [2.45, 2.75) is 0 Å². The van der Waals surface area contributed by atoms with Crippen LogP contribution in [0.3, 0.4) is 0 Å². The number of hydrogen-bond donors (Lipinski definition) is 1. The first-order chi connectivity index (χ1) is 16.8. The van der Waals surface area contributed by atoms with Crippen LogP contribution in [0.5, 0.6) is 0 Å². The Morgan fingerprint density at radius 1 is 1.06 bits per heavy atom. The second kappa shape index (κ2) is 8.35. The van der Waals surface area contributed by atoms with Crippen LogP contribution in [-0.2, 0) is 7.05 Å². The minimum Gasteiger partial charge on any atom is -0.354 e. The lowest BCUT2D eigenvalue weighted by Crippen LogP contribution is -2.44. The molecule has 0 atom stereocenters. The molecule has 1 aliphatic heterocycles. The van der Waals surface area contributed by atoms with Crippen molar-refractivity contribution in [3.05, 3.63) is 60.6 Å². The Morgan fingerprint density at radius 2 is 1.94 bits per heavy atom. The molecule has 0 spiro atoms. The van der Waals surface area contributed by atoms with Crippen LogP contribution in [0.4, 0.5) is 11.6 Å². The fourth-order valence-electron chi connectivity index (χ4n) is 3.70. The Hall–Kier alpha value is -3.85. The molecule has 0 saturated carbocycles. The number of fused-ring (bicyclic) bond motifs is 1. The summed E-state index contributed by atoms with van der Waals surface area (Å²) in [6, 6.07) is 11.1. The van der Waals surface area contributed by atoms with E-state index in [1.807, 2.05) is 42.4 Å². The van der Waals surface area contributed by atoms with Crippen molar-refractivity contribution in [2.24, 2.45) is 7.05 Å². The minimum atomic E-state index is -2.09. The molecule has 1 aliphatic rings. The minimum absolute atomic E-state index is 0.299. The fraction of sp³-hybridized carbons (Fsp3) is 0.261. The molecule has 0 bridgehead atoms. The number of nitrogens with one attached hydrogen (secondary N) is 1. The summed E-state index contributed by atoms with van der Waals surface area (Å²) >= 11 is 0. The number of hydrogen-bond acceptors (Lipinski definition) is 7. The first kappa shape index (κ1) is 16.8. The summed E-state index contributed by atoms with van der Waals surface area (Å²) in [5, 5.41) is 12.9. The highest BCUT2D eigenvalue weighted by atomic mass is 16.1. The molecule has 9 nitrogen and oxygen atoms in total. The summed E-state index contributed by atoms with van der Waals surface area (Å²) in [7, 11) is 1.82. The molecule has 0 aliphatic carbocycles. The number of likely N-dealkylation sites (N-methyl/N-ethyl adjacent to an activating group) is 1. The van der Waals surface area contributed by atoms with Crippen molar-refractivity contribution in [3.8, 4) is 11.3 Å². The molecule has 4 aromatic rings. The third-order valence-corrected chi connectivity index (χ3v) is 5.47. The average molecular weight is 432 g/mol. The molecule has 5 rings (SSSR count). The molecule has 32 heavy (non-hydrogen) atoms. The first-order valence-corrected chi connectivity index (χ1v) is 10.3. The Bertz CT molecular complexity index is 1380. The zero-order valence-electron chi connectivity index (χ0n) is 20.6. The van der Waals surface area contributed by atoms with Gasteiger partial charge in [-0.1, -0.05) is 17.3 Å². The number of carbonyl (C=O) groups is 1. The van der Waals surface area contributed by atoms with Crippen LogP contribution in [0.25, 0.3) is 22.0 Å². The van der Waals surface area contributed by atoms with Gasteiger partial charge < -0.3 is 15.1 Å². The SMILES string of the molecule is [2H]C([2H])([2H])N1CCN(c2cc(C(=O)Nc3cc4cc(-c5cn(C)nn5)ccc4cn3)ccn2)CC1. The largest absolute Gasteiger partial charge is 0.354 e. The topological polar surface area (TPSA) is 92.1 Å². The van der Waals surface area contributed by atoms with Gasteiger partial charge in [0.25, 0.3) is 5.91 Å². The van der Waals surface area contributed by atoms with Gasteiger partial charge in [-0.05, 0) is 36.6 Å². The summed E-state index contributed by atoms with van der Waals surface area (Å²) in [5.74, 6) is 0.776. The highest BCUT2D eigenvalue weighted by Gasteiger charge is 2.17. The van der Waals surface area contributed by atoms with E-state index in [1.54, 1.807) is 29.2 Å². The number of anilines is 2. The van der Waals surface area contributed by atoms with Crippen LogP contribution in [0, 0.1) is 0 Å². The summed E-state index contributed by atoms with van der Waals surface area (Å²) < 4.78 is 24.3. The smallest absolute Gasteiger partial charge is 0.257 e. The van der Waals surface area contributed by atoms with Crippen molar-refractivity contribution in [1.82, 2.24) is 29.9 Å². The average Bonchev–Trinajstić information content (AvgIpc) is 3.29. The Labute approximate surface area is 189 Å². The van der Waals surface area contributed by atoms with Crippen LogP contribution in [0.1, 0.15) is 14.5 Å². The van der Waals surface area contributed by atoms with E-state index in [4.69, 9.17) is 4.11 Å². The Balaban J connectivity index is 1.31. The van der Waals surface area contributed by atoms with E-state index in [9.17, 15) is 4.79 Å². The molecule has 0 radical (unpaired) electrons. The van der Waals surface area contributed by atoms with Crippen molar-refractivity contribution >= 4 is 28.3 Å². The quantitative estimate of drug-likeness (QED) is 0.531. The number of carbonyl (C=O) groups excluding carboxylic acids is 1. The molecule has 3 aromatic heterocycles. The fourth-order valence-corrected chi connectivity index (χ4v) is 3.70. The standard InChI is InChI=1S/C23H24N8O/c1-29-7-9-31(10-8-29)22-13-17(5-6-24-22)23(32)26-21-12-19-11-16(3-4-18(19)14-25-21)20-15-30(2)28-27-20/h3-6,11-15H,7-10H2,1-2H3,(H,25,26,32)/i1D3. The highest BCUT2D eigenvalue weighted by Crippen LogP contribution is 2.24. The third kappa shape index (κ3) is 4.15. The predicted molar refractivity (Wildman–Crippen MR) is 124 cm³/mol. The lowest BCUT2D eigenvalue weighted by Gasteiger charge is -2.33. The van der Waals surface area contributed by atoms with Crippen LogP contribution in [-0.4, -0.2) is 68.9 Å². The number of amides is 1. The molecule has 1 saturated heterocycles. The molecule has 0 unspecified atom stereocenters. The van der Waals surface area contributed by atoms with E-state index >= 15 is 0 Å². The van der Waals surface area contributed by atoms with Gasteiger partial charge in [-0.25, -0.2) is 9.97 Å². The lowest BCUT2D eigenvalue weighted by atomic mass is 10.1. The van der Waals surface area contributed by atoms with E-state index < -0.39 is 6.98 Å². The number of rotatable bonds is 4. The molecule has 1 amide bonds. The number of aryl methyl sites for hydroxylation is 1. The van der Waals surface area contributed by atoms with Gasteiger partial charge in [-0.2, -0.15) is 0 Å². The van der Waals surface area contributed by atoms with Gasteiger partial charge >= 0.3 is 0 Å². The number of pyridine rings is 2. The number of piperazine rings is 1. The normalized spacial score (nSPS) is 16.4. The van der Waals surface area contributed by atoms with E-state index in [2.05, 4.69) is 25.6 Å². The van der Waals surface area contributed by atoms with Crippen LogP contribution in [0.2, 0.25) is 0 Å². The van der Waals surface area contributed by atoms with Gasteiger partial charge in [0.1, 0.15) is 17.3 Å². The van der Waals surface area contributed by atoms with Gasteiger partial charge in [-0.3, -0.25) is 9.48 Å². The molecule has 162 valence electrons. The van der Waals surface area contributed by atoms with Crippen LogP contribution < -0.4 is 10.2 Å². The third-order valence-electron chi connectivity index (χ3n) is 5.47. The number of aromatic nitrogens is 5. The Kier molecular flexibility index (Phi) is 4.38. The molecular formula is C23H24N8O. The van der Waals surface area contributed by atoms with Crippen molar-refractivity contribution < 1.29 is 8.91 Å². The number of benzene rings is 1. The maximum absolute atomic E-state index is 13.0. The summed E-state index contributed by atoms with van der Waals surface area (Å²) in [4.78, 5) is 25.2. The second-order valence-corrected chi connectivity index (χ2v) is 7.74. The second-order valence-electron chi connectivity index (χ2n) is 7.74. The van der Waals surface area contributed by atoms with Gasteiger partial charge in [0.05, 0.1) is 6.20 Å². The lowest BCUT2D eigenvalue weighted by molar-refractivity contribution is 0.102. The molecule has 1 N–H and O–H groups in total. The van der Waals surface area contributed by atoms with Crippen LogP contribution in [0.15, 0.2) is 55.0 Å². The van der Waals surface area contributed by atoms with Crippen LogP contribution >= 0.6 is 0 Å². The van der Waals surface area contributed by atoms with Gasteiger partial charge in [-0.15, -0.1) is 5.10 Å². The van der Waals surface area contributed by atoms with Gasteiger partial charge in [0.2, 0.25) is 0 Å². The molecule has 4 heterocycles. The van der Waals surface area contributed by atoms with Crippen molar-refractivity contribution in [2.75, 3.05) is 43.4 Å². The van der Waals surface area contributed by atoms with E-state index in [-0.39, 0.29) is 5.91 Å². The van der Waals surface area contributed by atoms with E-state index in [1.165, 1.54) is 4.90 Å². The monoisotopic (exact) mass is 431 g/mol. The molecular weight excluding hydrogens is 404 g/mol. The van der Waals surface area contributed by atoms with E-state index in [0.717, 1.165) is 22.0 Å². The zero-order valence-corrected chi connectivity index (χ0v) is 17.6. The predicted octanol–water partition coefficient (Wildman–Crippen LogP) is 2.43. The molecule has 1 aromatic carbocycles.